The normalized spacial score (nSPS) is 11.3. The van der Waals surface area contributed by atoms with Gasteiger partial charge in [-0.05, 0) is 48.5 Å². The minimum absolute atomic E-state index is 0.441. The van der Waals surface area contributed by atoms with Gasteiger partial charge in [-0.15, -0.1) is 0 Å². The van der Waals surface area contributed by atoms with E-state index in [1.807, 2.05) is 55.5 Å². The SMILES string of the molecule is Cc1ccc(NC(=S)NN=Cc2c3ccccc3c(Cl)c3ccccc23)c(C)c1. The van der Waals surface area contributed by atoms with E-state index < -0.39 is 0 Å². The van der Waals surface area contributed by atoms with Crippen molar-refractivity contribution >= 4 is 62.4 Å². The van der Waals surface area contributed by atoms with Crippen molar-refractivity contribution in [3.05, 3.63) is 88.4 Å². The monoisotopic (exact) mass is 417 g/mol. The number of anilines is 1. The third-order valence-electron chi connectivity index (χ3n) is 4.90. The number of nitrogens with one attached hydrogen (secondary N) is 2. The fourth-order valence-electron chi connectivity index (χ4n) is 3.51. The molecule has 4 aromatic rings. The maximum Gasteiger partial charge on any atom is 0.191 e. The van der Waals surface area contributed by atoms with Gasteiger partial charge in [0.15, 0.2) is 5.11 Å². The molecule has 5 heteroatoms. The van der Waals surface area contributed by atoms with E-state index in [0.717, 1.165) is 43.4 Å². The van der Waals surface area contributed by atoms with Gasteiger partial charge < -0.3 is 5.32 Å². The van der Waals surface area contributed by atoms with E-state index in [0.29, 0.717) is 5.11 Å². The first-order valence-corrected chi connectivity index (χ1v) is 10.1. The number of thiocarbonyl (C=S) groups is 1. The van der Waals surface area contributed by atoms with Crippen LogP contribution >= 0.6 is 23.8 Å². The summed E-state index contributed by atoms with van der Waals surface area (Å²) in [5, 5.41) is 12.9. The second kappa shape index (κ2) is 8.19. The van der Waals surface area contributed by atoms with Crippen LogP contribution in [0.3, 0.4) is 0 Å². The van der Waals surface area contributed by atoms with E-state index in [4.69, 9.17) is 23.8 Å². The zero-order valence-corrected chi connectivity index (χ0v) is 17.7. The smallest absolute Gasteiger partial charge is 0.191 e. The first kappa shape index (κ1) is 19.4. The number of hydrazone groups is 1. The van der Waals surface area contributed by atoms with Crippen LogP contribution in [0.1, 0.15) is 16.7 Å². The Bertz CT molecular complexity index is 1210. The van der Waals surface area contributed by atoms with Crippen molar-refractivity contribution in [3.8, 4) is 0 Å². The summed E-state index contributed by atoms with van der Waals surface area (Å²) >= 11 is 12.1. The molecule has 0 aromatic heterocycles. The summed E-state index contributed by atoms with van der Waals surface area (Å²) in [6, 6.07) is 22.3. The Labute approximate surface area is 180 Å². The Morgan fingerprint density at radius 2 is 1.48 bits per heavy atom. The van der Waals surface area contributed by atoms with Crippen molar-refractivity contribution in [2.45, 2.75) is 13.8 Å². The number of benzene rings is 4. The van der Waals surface area contributed by atoms with Gasteiger partial charge in [-0.1, -0.05) is 77.8 Å². The molecule has 29 heavy (non-hydrogen) atoms. The maximum atomic E-state index is 6.66. The van der Waals surface area contributed by atoms with Gasteiger partial charge in [0, 0.05) is 22.0 Å². The van der Waals surface area contributed by atoms with E-state index in [-0.39, 0.29) is 0 Å². The summed E-state index contributed by atoms with van der Waals surface area (Å²) in [6.45, 7) is 4.12. The minimum atomic E-state index is 0.441. The summed E-state index contributed by atoms with van der Waals surface area (Å²) in [7, 11) is 0. The number of nitrogens with zero attached hydrogens (tertiary/aromatic N) is 1. The van der Waals surface area contributed by atoms with Crippen molar-refractivity contribution in [1.82, 2.24) is 5.43 Å². The lowest BCUT2D eigenvalue weighted by Gasteiger charge is -2.12. The zero-order chi connectivity index (χ0) is 20.4. The molecular formula is C24H20ClN3S. The molecule has 0 bridgehead atoms. The van der Waals surface area contributed by atoms with Gasteiger partial charge in [0.25, 0.3) is 0 Å². The second-order valence-electron chi connectivity index (χ2n) is 6.96. The maximum absolute atomic E-state index is 6.66. The minimum Gasteiger partial charge on any atom is -0.331 e. The molecule has 0 aliphatic carbocycles. The summed E-state index contributed by atoms with van der Waals surface area (Å²) < 4.78 is 0. The lowest BCUT2D eigenvalue weighted by Crippen LogP contribution is -2.24. The molecular weight excluding hydrogens is 398 g/mol. The van der Waals surface area contributed by atoms with Gasteiger partial charge in [0.2, 0.25) is 0 Å². The second-order valence-corrected chi connectivity index (χ2v) is 7.75. The highest BCUT2D eigenvalue weighted by molar-refractivity contribution is 7.80. The molecule has 0 unspecified atom stereocenters. The Balaban J connectivity index is 1.64. The summed E-state index contributed by atoms with van der Waals surface area (Å²) in [6.07, 6.45) is 1.80. The summed E-state index contributed by atoms with van der Waals surface area (Å²) in [4.78, 5) is 0. The van der Waals surface area contributed by atoms with Crippen LogP contribution in [0.25, 0.3) is 21.5 Å². The van der Waals surface area contributed by atoms with Gasteiger partial charge in [-0.2, -0.15) is 5.10 Å². The molecule has 0 atom stereocenters. The van der Waals surface area contributed by atoms with Gasteiger partial charge in [0.1, 0.15) is 0 Å². The Morgan fingerprint density at radius 1 is 0.897 bits per heavy atom. The van der Waals surface area contributed by atoms with Crippen molar-refractivity contribution in [2.24, 2.45) is 5.10 Å². The number of aryl methyl sites for hydroxylation is 2. The Morgan fingerprint density at radius 3 is 2.07 bits per heavy atom. The van der Waals surface area contributed by atoms with Crippen LogP contribution in [0, 0.1) is 13.8 Å². The molecule has 0 fully saturated rings. The molecule has 144 valence electrons. The van der Waals surface area contributed by atoms with E-state index in [2.05, 4.69) is 41.0 Å². The third kappa shape index (κ3) is 3.95. The molecule has 0 saturated carbocycles. The molecule has 0 saturated heterocycles. The highest BCUT2D eigenvalue weighted by atomic mass is 35.5. The standard InChI is InChI=1S/C24H20ClN3S/c1-15-11-12-22(16(2)13-15)27-24(29)28-26-14-21-17-7-3-5-9-19(17)23(25)20-10-6-4-8-18(20)21/h3-14H,1-2H3,(H2,27,28,29). The first-order chi connectivity index (χ1) is 14.0. The highest BCUT2D eigenvalue weighted by Crippen LogP contribution is 2.35. The van der Waals surface area contributed by atoms with Gasteiger partial charge >= 0.3 is 0 Å². The van der Waals surface area contributed by atoms with Crippen molar-refractivity contribution in [3.63, 3.8) is 0 Å². The fraction of sp³-hybridized carbons (Fsp3) is 0.0833. The van der Waals surface area contributed by atoms with Gasteiger partial charge in [0.05, 0.1) is 11.2 Å². The molecule has 0 aliphatic heterocycles. The van der Waals surface area contributed by atoms with Crippen molar-refractivity contribution in [2.75, 3.05) is 5.32 Å². The number of hydrogen-bond donors (Lipinski definition) is 2. The lowest BCUT2D eigenvalue weighted by atomic mass is 9.97. The van der Waals surface area contributed by atoms with Crippen molar-refractivity contribution < 1.29 is 0 Å². The Kier molecular flexibility index (Phi) is 5.47. The predicted molar refractivity (Wildman–Crippen MR) is 129 cm³/mol. The van der Waals surface area contributed by atoms with Crippen LogP contribution in [0.2, 0.25) is 5.02 Å². The van der Waals surface area contributed by atoms with E-state index >= 15 is 0 Å². The average molecular weight is 418 g/mol. The van der Waals surface area contributed by atoms with E-state index in [1.54, 1.807) is 6.21 Å². The molecule has 0 radical (unpaired) electrons. The number of fused-ring (bicyclic) bond motifs is 2. The lowest BCUT2D eigenvalue weighted by molar-refractivity contribution is 1.05. The number of halogens is 1. The molecule has 0 spiro atoms. The molecule has 4 rings (SSSR count). The van der Waals surface area contributed by atoms with Crippen molar-refractivity contribution in [1.29, 1.82) is 0 Å². The van der Waals surface area contributed by atoms with E-state index in [1.165, 1.54) is 5.56 Å². The third-order valence-corrected chi connectivity index (χ3v) is 5.50. The van der Waals surface area contributed by atoms with E-state index in [9.17, 15) is 0 Å². The van der Waals surface area contributed by atoms with Crippen LogP contribution < -0.4 is 10.7 Å². The molecule has 3 nitrogen and oxygen atoms in total. The van der Waals surface area contributed by atoms with Crippen LogP contribution in [-0.4, -0.2) is 11.3 Å². The largest absolute Gasteiger partial charge is 0.331 e. The summed E-state index contributed by atoms with van der Waals surface area (Å²) in [5.74, 6) is 0. The summed E-state index contributed by atoms with van der Waals surface area (Å²) in [5.41, 5.74) is 7.23. The first-order valence-electron chi connectivity index (χ1n) is 9.31. The van der Waals surface area contributed by atoms with Gasteiger partial charge in [-0.25, -0.2) is 0 Å². The number of rotatable bonds is 3. The topological polar surface area (TPSA) is 36.4 Å². The Hall–Kier alpha value is -2.95. The number of hydrogen-bond acceptors (Lipinski definition) is 2. The molecule has 0 heterocycles. The average Bonchev–Trinajstić information content (AvgIpc) is 2.72. The van der Waals surface area contributed by atoms with Crippen LogP contribution in [0.15, 0.2) is 71.8 Å². The predicted octanol–water partition coefficient (Wildman–Crippen LogP) is 6.58. The van der Waals surface area contributed by atoms with Crippen LogP contribution in [0.4, 0.5) is 5.69 Å². The van der Waals surface area contributed by atoms with Crippen LogP contribution in [0.5, 0.6) is 0 Å². The molecule has 2 N–H and O–H groups in total. The van der Waals surface area contributed by atoms with Crippen LogP contribution in [-0.2, 0) is 0 Å². The highest BCUT2D eigenvalue weighted by Gasteiger charge is 2.10. The quantitative estimate of drug-likeness (QED) is 0.171. The molecule has 0 amide bonds. The molecule has 0 aliphatic rings. The zero-order valence-electron chi connectivity index (χ0n) is 16.2. The molecule has 4 aromatic carbocycles. The fourth-order valence-corrected chi connectivity index (χ4v) is 4.00. The van der Waals surface area contributed by atoms with Gasteiger partial charge in [-0.3, -0.25) is 5.43 Å².